The van der Waals surface area contributed by atoms with Gasteiger partial charge in [-0.05, 0) is 0 Å². The van der Waals surface area contributed by atoms with Crippen molar-refractivity contribution in [3.63, 3.8) is 0 Å². The van der Waals surface area contributed by atoms with Crippen LogP contribution >= 0.6 is 15.1 Å². The summed E-state index contributed by atoms with van der Waals surface area (Å²) in [5.74, 6) is 0. The summed E-state index contributed by atoms with van der Waals surface area (Å²) in [5, 5.41) is 3.52. The number of hydrogen-bond acceptors (Lipinski definition) is 0. The van der Waals surface area contributed by atoms with E-state index >= 15 is 0 Å². The number of benzene rings is 3. The normalized spacial score (nSPS) is 13.4. The second kappa shape index (κ2) is 5.72. The molecule has 3 heteroatoms. The van der Waals surface area contributed by atoms with E-state index in [-0.39, 0.29) is 0 Å². The zero-order valence-corrected chi connectivity index (χ0v) is 15.1. The number of halogens is 1. The quantitative estimate of drug-likeness (QED) is 0.379. The molecule has 0 unspecified atom stereocenters. The summed E-state index contributed by atoms with van der Waals surface area (Å²) in [6.07, 6.45) is 0. The molecule has 0 aromatic heterocycles. The van der Waals surface area contributed by atoms with Crippen LogP contribution in [-0.4, -0.2) is 0 Å². The third-order valence-corrected chi connectivity index (χ3v) is 13.9. The Morgan fingerprint density at radius 1 is 0.524 bits per heavy atom. The van der Waals surface area contributed by atoms with Gasteiger partial charge in [0.2, 0.25) is 0 Å². The van der Waals surface area contributed by atoms with E-state index in [9.17, 15) is 0 Å². The Hall–Kier alpha value is -0.880. The van der Waals surface area contributed by atoms with Gasteiger partial charge >= 0.3 is 143 Å². The maximum atomic E-state index is 7.48. The van der Waals surface area contributed by atoms with E-state index in [0.717, 1.165) is 0 Å². The molecule has 21 heavy (non-hydrogen) atoms. The van der Waals surface area contributed by atoms with Crippen molar-refractivity contribution >= 4 is 31.0 Å². The Bertz CT molecular complexity index is 624. The standard InChI is InChI=1S/C18H15ClP.Au/c19-20(16-10-4-1-5-11-16,17-12-6-2-7-13-17)18-14-8-3-9-15-18;/h1-15H;/q+1;-1. The molecule has 0 fully saturated rings. The summed E-state index contributed by atoms with van der Waals surface area (Å²) in [5.41, 5.74) is 0. The molecule has 0 aliphatic heterocycles. The fourth-order valence-electron chi connectivity index (χ4n) is 2.48. The van der Waals surface area contributed by atoms with Gasteiger partial charge in [-0.25, -0.2) is 0 Å². The molecule has 110 valence electrons. The third-order valence-electron chi connectivity index (χ3n) is 3.57. The molecule has 3 rings (SSSR count). The number of hydrogen-bond donors (Lipinski definition) is 0. The van der Waals surface area contributed by atoms with Crippen molar-refractivity contribution in [3.05, 3.63) is 91.0 Å². The van der Waals surface area contributed by atoms with Crippen LogP contribution < -0.4 is 15.9 Å². The minimum atomic E-state index is -2.96. The summed E-state index contributed by atoms with van der Waals surface area (Å²) >= 11 is 10.2. The Labute approximate surface area is 142 Å². The summed E-state index contributed by atoms with van der Waals surface area (Å²) < 4.78 is -2.96. The van der Waals surface area contributed by atoms with Crippen LogP contribution in [0.5, 0.6) is 0 Å². The Balaban J connectivity index is 2.36. The van der Waals surface area contributed by atoms with Crippen LogP contribution in [0.4, 0.5) is 0 Å². The van der Waals surface area contributed by atoms with Crippen LogP contribution in [0.2, 0.25) is 0 Å². The van der Waals surface area contributed by atoms with E-state index in [2.05, 4.69) is 93.3 Å². The van der Waals surface area contributed by atoms with Crippen molar-refractivity contribution in [2.45, 2.75) is 0 Å². The zero-order valence-electron chi connectivity index (χ0n) is 11.3. The molecule has 3 aromatic carbocycles. The molecule has 0 amide bonds. The molecule has 0 aliphatic carbocycles. The summed E-state index contributed by atoms with van der Waals surface area (Å²) in [4.78, 5) is 0. The van der Waals surface area contributed by atoms with Crippen molar-refractivity contribution in [3.8, 4) is 0 Å². The van der Waals surface area contributed by atoms with Crippen LogP contribution in [-0.2, 0) is 20.5 Å². The Morgan fingerprint density at radius 3 is 1.00 bits per heavy atom. The summed E-state index contributed by atoms with van der Waals surface area (Å²) in [6.45, 7) is 0. The van der Waals surface area contributed by atoms with Crippen LogP contribution in [0, 0.1) is 0 Å². The second-order valence-corrected chi connectivity index (χ2v) is 17.6. The molecular formula is C18H15AuClP. The first-order chi connectivity index (χ1) is 10.1. The zero-order chi connectivity index (χ0) is 14.8. The van der Waals surface area contributed by atoms with Gasteiger partial charge in [0, 0.05) is 0 Å². The van der Waals surface area contributed by atoms with Gasteiger partial charge < -0.3 is 0 Å². The molecule has 0 saturated carbocycles. The van der Waals surface area contributed by atoms with Gasteiger partial charge in [0.25, 0.3) is 0 Å². The van der Waals surface area contributed by atoms with E-state index in [1.165, 1.54) is 15.9 Å². The van der Waals surface area contributed by atoms with E-state index in [4.69, 9.17) is 11.2 Å². The molecule has 0 atom stereocenters. The first-order valence-corrected chi connectivity index (χ1v) is 12.6. The monoisotopic (exact) mass is 494 g/mol. The van der Waals surface area contributed by atoms with E-state index < -0.39 is 3.85 Å². The predicted octanol–water partition coefficient (Wildman–Crippen LogP) is 4.13. The molecule has 0 N–H and O–H groups in total. The third kappa shape index (κ3) is 2.52. The molecule has 3 aromatic rings. The van der Waals surface area contributed by atoms with Gasteiger partial charge in [-0.1, -0.05) is 0 Å². The molecular weight excluding hydrogens is 480 g/mol. The van der Waals surface area contributed by atoms with Crippen molar-refractivity contribution in [2.24, 2.45) is 0 Å². The van der Waals surface area contributed by atoms with Crippen molar-refractivity contribution in [1.29, 1.82) is 0 Å². The van der Waals surface area contributed by atoms with Crippen LogP contribution in [0.15, 0.2) is 91.0 Å². The summed E-state index contributed by atoms with van der Waals surface area (Å²) in [6, 6.07) is 31.2. The SMILES string of the molecule is Cl[P]([Au])(c1ccccc1)(c1ccccc1)c1ccccc1. The van der Waals surface area contributed by atoms with E-state index in [1.807, 2.05) is 18.2 Å². The van der Waals surface area contributed by atoms with Crippen LogP contribution in [0.3, 0.4) is 0 Å². The maximum absolute atomic E-state index is 7.48. The molecule has 0 aliphatic rings. The van der Waals surface area contributed by atoms with Gasteiger partial charge in [-0.15, -0.1) is 0 Å². The number of rotatable bonds is 3. The average molecular weight is 495 g/mol. The van der Waals surface area contributed by atoms with Crippen molar-refractivity contribution in [1.82, 2.24) is 0 Å². The molecule has 0 heterocycles. The first kappa shape index (κ1) is 15.0. The van der Waals surface area contributed by atoms with Gasteiger partial charge in [0.15, 0.2) is 0 Å². The van der Waals surface area contributed by atoms with Crippen molar-refractivity contribution < 1.29 is 20.5 Å². The summed E-state index contributed by atoms with van der Waals surface area (Å²) in [7, 11) is 0. The molecule has 0 spiro atoms. The molecule has 0 saturated heterocycles. The van der Waals surface area contributed by atoms with Crippen LogP contribution in [0.1, 0.15) is 0 Å². The van der Waals surface area contributed by atoms with Gasteiger partial charge in [0.05, 0.1) is 0 Å². The molecule has 0 bridgehead atoms. The fraction of sp³-hybridized carbons (Fsp3) is 0. The molecule has 0 nitrogen and oxygen atoms in total. The van der Waals surface area contributed by atoms with E-state index in [0.29, 0.717) is 0 Å². The van der Waals surface area contributed by atoms with Gasteiger partial charge in [0.1, 0.15) is 0 Å². The topological polar surface area (TPSA) is 0 Å². The van der Waals surface area contributed by atoms with Gasteiger partial charge in [-0.2, -0.15) is 0 Å². The first-order valence-electron chi connectivity index (χ1n) is 6.71. The minimum absolute atomic E-state index is 1.17. The van der Waals surface area contributed by atoms with E-state index in [1.54, 1.807) is 0 Å². The average Bonchev–Trinajstić information content (AvgIpc) is 2.57. The Morgan fingerprint density at radius 2 is 0.762 bits per heavy atom. The van der Waals surface area contributed by atoms with Crippen LogP contribution in [0.25, 0.3) is 0 Å². The molecule has 0 radical (unpaired) electrons. The van der Waals surface area contributed by atoms with Crippen molar-refractivity contribution in [2.75, 3.05) is 0 Å². The fourth-order valence-corrected chi connectivity index (χ4v) is 9.32. The Kier molecular flexibility index (Phi) is 4.10. The second-order valence-electron chi connectivity index (χ2n) is 4.85. The predicted molar refractivity (Wildman–Crippen MR) is 91.0 cm³/mol. The van der Waals surface area contributed by atoms with Gasteiger partial charge in [-0.3, -0.25) is 0 Å².